The molecule has 0 aliphatic heterocycles. The Morgan fingerprint density at radius 3 is 2.41 bits per heavy atom. The highest BCUT2D eigenvalue weighted by atomic mass is 32.2. The van der Waals surface area contributed by atoms with E-state index in [1.54, 1.807) is 44.2 Å². The Labute approximate surface area is 228 Å². The van der Waals surface area contributed by atoms with E-state index in [2.05, 4.69) is 9.46 Å². The number of carbonyl (C=O) groups excluding carboxylic acids is 1. The Bertz CT molecular complexity index is 1340. The molecule has 3 aromatic rings. The summed E-state index contributed by atoms with van der Waals surface area (Å²) in [7, 11) is 0. The van der Waals surface area contributed by atoms with Gasteiger partial charge >= 0.3 is 12.3 Å². The fraction of sp³-hybridized carbons (Fsp3) is 0.310. The van der Waals surface area contributed by atoms with E-state index in [0.29, 0.717) is 23.3 Å². The summed E-state index contributed by atoms with van der Waals surface area (Å²) >= 11 is 0.781. The van der Waals surface area contributed by atoms with Crippen LogP contribution in [0.3, 0.4) is 0 Å². The van der Waals surface area contributed by atoms with Gasteiger partial charge in [0.1, 0.15) is 24.1 Å². The average Bonchev–Trinajstić information content (AvgIpc) is 2.87. The van der Waals surface area contributed by atoms with Gasteiger partial charge in [-0.3, -0.25) is 9.59 Å². The SMILES string of the molecule is CC(C)C(NSc1ccc(-c2ccc(COc3ccc4c(c3)CCCC4=O)cc2)cc1OC(F)(F)F)C(=O)O. The van der Waals surface area contributed by atoms with Gasteiger partial charge in [-0.05, 0) is 83.3 Å². The van der Waals surface area contributed by atoms with Crippen LogP contribution in [-0.4, -0.2) is 29.3 Å². The molecule has 2 N–H and O–H groups in total. The highest BCUT2D eigenvalue weighted by Crippen LogP contribution is 2.36. The van der Waals surface area contributed by atoms with Crippen molar-refractivity contribution in [2.75, 3.05) is 0 Å². The van der Waals surface area contributed by atoms with Crippen molar-refractivity contribution < 1.29 is 37.3 Å². The van der Waals surface area contributed by atoms with Gasteiger partial charge in [-0.1, -0.05) is 44.2 Å². The van der Waals surface area contributed by atoms with Gasteiger partial charge in [-0.25, -0.2) is 4.72 Å². The number of aliphatic carboxylic acids is 1. The molecule has 0 fully saturated rings. The largest absolute Gasteiger partial charge is 0.573 e. The smallest absolute Gasteiger partial charge is 0.489 e. The summed E-state index contributed by atoms with van der Waals surface area (Å²) in [5, 5.41) is 9.34. The Kier molecular flexibility index (Phi) is 8.87. The van der Waals surface area contributed by atoms with E-state index in [0.717, 1.165) is 41.5 Å². The molecule has 0 saturated carbocycles. The van der Waals surface area contributed by atoms with Crippen LogP contribution in [-0.2, 0) is 17.8 Å². The third-order valence-corrected chi connectivity index (χ3v) is 7.25. The van der Waals surface area contributed by atoms with Crippen molar-refractivity contribution >= 4 is 23.7 Å². The van der Waals surface area contributed by atoms with Crippen molar-refractivity contribution in [3.63, 3.8) is 0 Å². The first-order chi connectivity index (χ1) is 18.5. The number of carboxylic acids is 1. The Morgan fingerprint density at radius 1 is 1.03 bits per heavy atom. The summed E-state index contributed by atoms with van der Waals surface area (Å²) < 4.78 is 52.2. The van der Waals surface area contributed by atoms with E-state index in [9.17, 15) is 27.9 Å². The van der Waals surface area contributed by atoms with Crippen LogP contribution in [0.2, 0.25) is 0 Å². The number of hydrogen-bond donors (Lipinski definition) is 2. The van der Waals surface area contributed by atoms with Crippen molar-refractivity contribution in [2.24, 2.45) is 5.92 Å². The summed E-state index contributed by atoms with van der Waals surface area (Å²) in [6.45, 7) is 3.69. The lowest BCUT2D eigenvalue weighted by Crippen LogP contribution is -2.36. The molecule has 1 atom stereocenters. The zero-order valence-corrected chi connectivity index (χ0v) is 22.2. The lowest BCUT2D eigenvalue weighted by atomic mass is 9.90. The monoisotopic (exact) mass is 559 g/mol. The number of halogens is 3. The van der Waals surface area contributed by atoms with Crippen molar-refractivity contribution in [2.45, 2.75) is 57.0 Å². The normalized spacial score (nSPS) is 14.2. The zero-order valence-electron chi connectivity index (χ0n) is 21.4. The number of carboxylic acid groups (broad SMARTS) is 1. The van der Waals surface area contributed by atoms with Gasteiger partial charge in [-0.15, -0.1) is 13.2 Å². The number of ketones is 1. The fourth-order valence-corrected chi connectivity index (χ4v) is 5.21. The Hall–Kier alpha value is -3.50. The van der Waals surface area contributed by atoms with Crippen LogP contribution in [0.1, 0.15) is 48.2 Å². The average molecular weight is 560 g/mol. The molecule has 3 aromatic carbocycles. The number of fused-ring (bicyclic) bond motifs is 1. The molecule has 0 spiro atoms. The molecular weight excluding hydrogens is 531 g/mol. The summed E-state index contributed by atoms with van der Waals surface area (Å²) in [4.78, 5) is 23.6. The second kappa shape index (κ2) is 12.1. The number of rotatable bonds is 10. The topological polar surface area (TPSA) is 84.9 Å². The van der Waals surface area contributed by atoms with E-state index in [1.165, 1.54) is 12.1 Å². The fourth-order valence-electron chi connectivity index (χ4n) is 4.25. The first-order valence-electron chi connectivity index (χ1n) is 12.4. The molecule has 1 aliphatic rings. The predicted octanol–water partition coefficient (Wildman–Crippen LogP) is 7.06. The molecule has 0 radical (unpaired) electrons. The molecule has 6 nitrogen and oxygen atoms in total. The van der Waals surface area contributed by atoms with Gasteiger partial charge in [0.05, 0.1) is 4.90 Å². The van der Waals surface area contributed by atoms with E-state index >= 15 is 0 Å². The van der Waals surface area contributed by atoms with Gasteiger partial charge in [0.2, 0.25) is 0 Å². The van der Waals surface area contributed by atoms with Gasteiger partial charge < -0.3 is 14.6 Å². The minimum absolute atomic E-state index is 0.111. The minimum Gasteiger partial charge on any atom is -0.489 e. The lowest BCUT2D eigenvalue weighted by Gasteiger charge is -2.19. The van der Waals surface area contributed by atoms with E-state index < -0.39 is 24.1 Å². The van der Waals surface area contributed by atoms with E-state index in [1.807, 2.05) is 18.2 Å². The molecule has 0 bridgehead atoms. The number of ether oxygens (including phenoxy) is 2. The Morgan fingerprint density at radius 2 is 1.74 bits per heavy atom. The summed E-state index contributed by atoms with van der Waals surface area (Å²) in [5.74, 6) is -0.974. The molecule has 10 heteroatoms. The van der Waals surface area contributed by atoms with Crippen LogP contribution in [0.25, 0.3) is 11.1 Å². The number of benzene rings is 3. The van der Waals surface area contributed by atoms with Gasteiger partial charge in [0.15, 0.2) is 5.78 Å². The number of nitrogens with one attached hydrogen (secondary N) is 1. The molecule has 0 aromatic heterocycles. The van der Waals surface area contributed by atoms with Gasteiger partial charge in [0, 0.05) is 12.0 Å². The first-order valence-corrected chi connectivity index (χ1v) is 13.2. The molecule has 206 valence electrons. The quantitative estimate of drug-likeness (QED) is 0.257. The summed E-state index contributed by atoms with van der Waals surface area (Å²) in [5.41, 5.74) is 3.80. The number of hydrogen-bond acceptors (Lipinski definition) is 6. The van der Waals surface area contributed by atoms with Crippen molar-refractivity contribution in [3.05, 3.63) is 77.4 Å². The summed E-state index contributed by atoms with van der Waals surface area (Å²) in [6.07, 6.45) is -2.66. The minimum atomic E-state index is -4.91. The second-order valence-electron chi connectivity index (χ2n) is 9.57. The van der Waals surface area contributed by atoms with Gasteiger partial charge in [-0.2, -0.15) is 0 Å². The van der Waals surface area contributed by atoms with Gasteiger partial charge in [0.25, 0.3) is 0 Å². The maximum atomic E-state index is 13.1. The van der Waals surface area contributed by atoms with Crippen LogP contribution in [0.15, 0.2) is 65.6 Å². The predicted molar refractivity (Wildman–Crippen MR) is 142 cm³/mol. The maximum Gasteiger partial charge on any atom is 0.573 e. The van der Waals surface area contributed by atoms with Crippen LogP contribution >= 0.6 is 11.9 Å². The number of aryl methyl sites for hydroxylation is 1. The second-order valence-corrected chi connectivity index (χ2v) is 10.5. The van der Waals surface area contributed by atoms with Crippen molar-refractivity contribution in [1.82, 2.24) is 4.72 Å². The highest BCUT2D eigenvalue weighted by Gasteiger charge is 2.33. The molecule has 1 aliphatic carbocycles. The molecule has 1 unspecified atom stereocenters. The molecule has 4 rings (SSSR count). The molecule has 0 saturated heterocycles. The first kappa shape index (κ1) is 28.5. The van der Waals surface area contributed by atoms with Crippen LogP contribution in [0, 0.1) is 5.92 Å². The number of carbonyl (C=O) groups is 2. The van der Waals surface area contributed by atoms with Crippen LogP contribution in [0.4, 0.5) is 13.2 Å². The van der Waals surface area contributed by atoms with Crippen molar-refractivity contribution in [1.29, 1.82) is 0 Å². The van der Waals surface area contributed by atoms with E-state index in [4.69, 9.17) is 4.74 Å². The Balaban J connectivity index is 1.46. The molecule has 39 heavy (non-hydrogen) atoms. The molecule has 0 heterocycles. The maximum absolute atomic E-state index is 13.1. The highest BCUT2D eigenvalue weighted by molar-refractivity contribution is 7.97. The zero-order chi connectivity index (χ0) is 28.2. The summed E-state index contributed by atoms with van der Waals surface area (Å²) in [6, 6.07) is 16.1. The lowest BCUT2D eigenvalue weighted by molar-refractivity contribution is -0.275. The van der Waals surface area contributed by atoms with Crippen LogP contribution < -0.4 is 14.2 Å². The molecular formula is C29H28F3NO5S. The third kappa shape index (κ3) is 7.54. The van der Waals surface area contributed by atoms with Crippen molar-refractivity contribution in [3.8, 4) is 22.6 Å². The third-order valence-electron chi connectivity index (χ3n) is 6.32. The van der Waals surface area contributed by atoms with E-state index in [-0.39, 0.29) is 23.2 Å². The van der Waals surface area contributed by atoms with Crippen LogP contribution in [0.5, 0.6) is 11.5 Å². The molecule has 0 amide bonds. The standard InChI is InChI=1S/C29H28F3NO5S/c1-17(2)27(28(35)36)33-39-26-13-10-20(15-25(26)38-29(30,31)32)19-8-6-18(7-9-19)16-37-22-11-12-23-21(14-22)4-3-5-24(23)34/h6-15,17,27,33H,3-5,16H2,1-2H3,(H,35,36). The number of alkyl halides is 3. The number of Topliss-reactive ketones (excluding diaryl/α,β-unsaturated/α-hetero) is 1.